The number of aryl methyl sites for hydroxylation is 2. The van der Waals surface area contributed by atoms with Gasteiger partial charge in [-0.1, -0.05) is 39.0 Å². The lowest BCUT2D eigenvalue weighted by atomic mass is 9.92. The number of para-hydroxylation sites is 1. The van der Waals surface area contributed by atoms with Crippen molar-refractivity contribution < 1.29 is 18.8 Å². The molecule has 0 atom stereocenters. The number of amides is 2. The van der Waals surface area contributed by atoms with Gasteiger partial charge in [0.1, 0.15) is 0 Å². The van der Waals surface area contributed by atoms with Gasteiger partial charge in [-0.2, -0.15) is 0 Å². The molecule has 3 heterocycles. The summed E-state index contributed by atoms with van der Waals surface area (Å²) < 4.78 is 5.90. The van der Waals surface area contributed by atoms with Gasteiger partial charge in [0.05, 0.1) is 11.4 Å². The minimum Gasteiger partial charge on any atom is -0.441 e. The Morgan fingerprint density at radius 3 is 2.51 bits per heavy atom. The highest BCUT2D eigenvalue weighted by molar-refractivity contribution is 6.08. The number of carbonyl (C=O) groups is 2. The fourth-order valence-corrected chi connectivity index (χ4v) is 5.34. The molecule has 218 valence electrons. The topological polar surface area (TPSA) is 91.1 Å². The zero-order valence-corrected chi connectivity index (χ0v) is 24.8. The van der Waals surface area contributed by atoms with Gasteiger partial charge in [0.15, 0.2) is 11.7 Å². The number of piperazine rings is 1. The summed E-state index contributed by atoms with van der Waals surface area (Å²) in [5.74, 6) is 1.28. The minimum atomic E-state index is -0.463. The number of carbonyl (C=O) groups excluding carboxylic acids is 2. The van der Waals surface area contributed by atoms with E-state index in [1.54, 1.807) is 9.96 Å². The molecular weight excluding hydrogens is 518 g/mol. The number of hydrogen-bond acceptors (Lipinski definition) is 7. The van der Waals surface area contributed by atoms with Crippen molar-refractivity contribution in [1.29, 1.82) is 0 Å². The number of hydroxylamine groups is 2. The van der Waals surface area contributed by atoms with Gasteiger partial charge in [-0.25, -0.2) is 9.78 Å². The average molecular weight is 560 g/mol. The molecule has 1 N–H and O–H groups in total. The SMILES string of the molecule is Cc1nc2c(o1)-c1ccccc1N(C(=O)c1ccc(CNC(=O)ON3CCN(CCC(C)(C)C)CC3)c(C)c1)CC2. The van der Waals surface area contributed by atoms with Crippen molar-refractivity contribution >= 4 is 17.7 Å². The quantitative estimate of drug-likeness (QED) is 0.435. The van der Waals surface area contributed by atoms with Crippen LogP contribution in [0.5, 0.6) is 0 Å². The smallest absolute Gasteiger partial charge is 0.426 e. The summed E-state index contributed by atoms with van der Waals surface area (Å²) in [6.45, 7) is 15.6. The molecule has 0 aliphatic carbocycles. The average Bonchev–Trinajstić information content (AvgIpc) is 3.24. The van der Waals surface area contributed by atoms with Crippen molar-refractivity contribution in [3.63, 3.8) is 0 Å². The van der Waals surface area contributed by atoms with Crippen LogP contribution >= 0.6 is 0 Å². The van der Waals surface area contributed by atoms with Gasteiger partial charge in [-0.3, -0.25) is 4.79 Å². The van der Waals surface area contributed by atoms with Crippen LogP contribution in [0.2, 0.25) is 0 Å². The Bertz CT molecular complexity index is 1400. The van der Waals surface area contributed by atoms with Crippen molar-refractivity contribution in [2.75, 3.05) is 44.2 Å². The Hall–Kier alpha value is -3.69. The van der Waals surface area contributed by atoms with E-state index in [4.69, 9.17) is 9.25 Å². The lowest BCUT2D eigenvalue weighted by Gasteiger charge is -2.34. The highest BCUT2D eigenvalue weighted by Gasteiger charge is 2.28. The van der Waals surface area contributed by atoms with E-state index >= 15 is 0 Å². The lowest BCUT2D eigenvalue weighted by molar-refractivity contribution is -0.123. The Kier molecular flexibility index (Phi) is 8.47. The number of nitrogens with zero attached hydrogens (tertiary/aromatic N) is 4. The number of nitrogens with one attached hydrogen (secondary N) is 1. The van der Waals surface area contributed by atoms with Crippen LogP contribution in [0.4, 0.5) is 10.5 Å². The van der Waals surface area contributed by atoms with E-state index in [1.165, 1.54) is 0 Å². The van der Waals surface area contributed by atoms with Gasteiger partial charge >= 0.3 is 6.09 Å². The Morgan fingerprint density at radius 2 is 1.78 bits per heavy atom. The van der Waals surface area contributed by atoms with Crippen molar-refractivity contribution in [2.24, 2.45) is 5.41 Å². The van der Waals surface area contributed by atoms with Crippen molar-refractivity contribution in [3.8, 4) is 11.3 Å². The summed E-state index contributed by atoms with van der Waals surface area (Å²) in [5, 5.41) is 4.59. The van der Waals surface area contributed by atoms with E-state index in [2.05, 4.69) is 36.0 Å². The molecule has 1 fully saturated rings. The molecule has 3 aromatic rings. The molecule has 2 aromatic carbocycles. The van der Waals surface area contributed by atoms with Crippen LogP contribution in [0, 0.1) is 19.3 Å². The van der Waals surface area contributed by atoms with E-state index in [0.717, 1.165) is 59.9 Å². The van der Waals surface area contributed by atoms with Gasteiger partial charge in [0.2, 0.25) is 0 Å². The van der Waals surface area contributed by atoms with Gasteiger partial charge in [0.25, 0.3) is 5.91 Å². The summed E-state index contributed by atoms with van der Waals surface area (Å²) >= 11 is 0. The predicted octanol–water partition coefficient (Wildman–Crippen LogP) is 5.36. The molecule has 9 heteroatoms. The molecule has 2 amide bonds. The highest BCUT2D eigenvalue weighted by atomic mass is 16.7. The van der Waals surface area contributed by atoms with Crippen molar-refractivity contribution in [3.05, 3.63) is 70.7 Å². The van der Waals surface area contributed by atoms with E-state index in [0.29, 0.717) is 49.5 Å². The van der Waals surface area contributed by atoms with Crippen LogP contribution in [0.3, 0.4) is 0 Å². The maximum Gasteiger partial charge on any atom is 0.426 e. The lowest BCUT2D eigenvalue weighted by Crippen LogP contribution is -2.48. The largest absolute Gasteiger partial charge is 0.441 e. The summed E-state index contributed by atoms with van der Waals surface area (Å²) in [7, 11) is 0. The van der Waals surface area contributed by atoms with Crippen LogP contribution in [0.1, 0.15) is 60.3 Å². The summed E-state index contributed by atoms with van der Waals surface area (Å²) in [6.07, 6.45) is 1.29. The second-order valence-corrected chi connectivity index (χ2v) is 12.2. The predicted molar refractivity (Wildman–Crippen MR) is 159 cm³/mol. The summed E-state index contributed by atoms with van der Waals surface area (Å²) in [6, 6.07) is 13.4. The first kappa shape index (κ1) is 28.8. The molecule has 1 aromatic heterocycles. The van der Waals surface area contributed by atoms with E-state index < -0.39 is 6.09 Å². The second kappa shape index (κ2) is 12.0. The zero-order chi connectivity index (χ0) is 29.1. The fraction of sp³-hybridized carbons (Fsp3) is 0.469. The standard InChI is InChI=1S/C32H41N5O4/c1-22-20-24(30(38)37-14-12-27-29(40-23(2)34-27)26-8-6-7-9-28(26)37)10-11-25(22)21-33-31(39)41-36-18-16-35(17-19-36)15-13-32(3,4)5/h6-11,20H,12-19,21H2,1-5H3,(H,33,39). The van der Waals surface area contributed by atoms with Crippen LogP contribution in [0.25, 0.3) is 11.3 Å². The first-order chi connectivity index (χ1) is 19.6. The third-order valence-electron chi connectivity index (χ3n) is 7.80. The number of fused-ring (bicyclic) bond motifs is 3. The Morgan fingerprint density at radius 1 is 1.02 bits per heavy atom. The first-order valence-electron chi connectivity index (χ1n) is 14.5. The maximum absolute atomic E-state index is 13.7. The molecule has 0 saturated carbocycles. The third kappa shape index (κ3) is 6.97. The van der Waals surface area contributed by atoms with Crippen molar-refractivity contribution in [1.82, 2.24) is 20.3 Å². The van der Waals surface area contributed by atoms with Crippen LogP contribution in [-0.2, 0) is 17.8 Å². The van der Waals surface area contributed by atoms with Crippen LogP contribution in [-0.4, -0.2) is 66.2 Å². The molecule has 0 spiro atoms. The van der Waals surface area contributed by atoms with Gasteiger partial charge < -0.3 is 24.4 Å². The number of aromatic nitrogens is 1. The first-order valence-corrected chi connectivity index (χ1v) is 14.5. The monoisotopic (exact) mass is 559 g/mol. The number of anilines is 1. The molecule has 0 unspecified atom stereocenters. The molecule has 2 aliphatic heterocycles. The van der Waals surface area contributed by atoms with E-state index in [1.807, 2.05) is 56.3 Å². The third-order valence-corrected chi connectivity index (χ3v) is 7.80. The van der Waals surface area contributed by atoms with Crippen LogP contribution in [0.15, 0.2) is 46.9 Å². The number of rotatable bonds is 6. The Balaban J connectivity index is 1.16. The highest BCUT2D eigenvalue weighted by Crippen LogP contribution is 2.37. The molecule has 9 nitrogen and oxygen atoms in total. The zero-order valence-electron chi connectivity index (χ0n) is 24.8. The molecular formula is C32H41N5O4. The second-order valence-electron chi connectivity index (χ2n) is 12.2. The summed E-state index contributed by atoms with van der Waals surface area (Å²) in [5.41, 5.74) is 5.33. The van der Waals surface area contributed by atoms with E-state index in [9.17, 15) is 9.59 Å². The molecule has 5 rings (SSSR count). The Labute approximate surface area is 242 Å². The van der Waals surface area contributed by atoms with Gasteiger partial charge in [0, 0.05) is 63.7 Å². The molecule has 0 radical (unpaired) electrons. The van der Waals surface area contributed by atoms with Gasteiger partial charge in [-0.15, -0.1) is 5.06 Å². The number of hydrogen-bond donors (Lipinski definition) is 1. The minimum absolute atomic E-state index is 0.0806. The summed E-state index contributed by atoms with van der Waals surface area (Å²) in [4.78, 5) is 40.5. The molecule has 1 saturated heterocycles. The van der Waals surface area contributed by atoms with Gasteiger partial charge in [-0.05, 0) is 60.7 Å². The number of oxazole rings is 1. The van der Waals surface area contributed by atoms with Crippen molar-refractivity contribution in [2.45, 2.75) is 54.0 Å². The molecule has 2 aliphatic rings. The van der Waals surface area contributed by atoms with E-state index in [-0.39, 0.29) is 5.91 Å². The number of benzene rings is 2. The molecule has 0 bridgehead atoms. The maximum atomic E-state index is 13.7. The molecule has 41 heavy (non-hydrogen) atoms. The normalized spacial score (nSPS) is 16.1. The van der Waals surface area contributed by atoms with Crippen LogP contribution < -0.4 is 10.2 Å². The fourth-order valence-electron chi connectivity index (χ4n) is 5.34.